The number of hydrogen-bond acceptors (Lipinski definition) is 2. The maximum atomic E-state index is 10.0. The Morgan fingerprint density at radius 2 is 2.00 bits per heavy atom. The highest BCUT2D eigenvalue weighted by Crippen LogP contribution is 2.38. The standard InChI is InChI=1S/C7H13NO/c1-5(6(2)8-9)7-3-4-7/h5-7H,3-4H2,1-2H3. The lowest BCUT2D eigenvalue weighted by Gasteiger charge is -2.10. The van der Waals surface area contributed by atoms with E-state index < -0.39 is 0 Å². The molecule has 0 heterocycles. The van der Waals surface area contributed by atoms with Crippen molar-refractivity contribution >= 4 is 0 Å². The summed E-state index contributed by atoms with van der Waals surface area (Å²) in [6, 6.07) is 0.0255. The monoisotopic (exact) mass is 127 g/mol. The van der Waals surface area contributed by atoms with Gasteiger partial charge >= 0.3 is 0 Å². The Morgan fingerprint density at radius 1 is 1.44 bits per heavy atom. The van der Waals surface area contributed by atoms with Crippen molar-refractivity contribution in [3.63, 3.8) is 0 Å². The van der Waals surface area contributed by atoms with E-state index in [1.165, 1.54) is 12.8 Å². The summed E-state index contributed by atoms with van der Waals surface area (Å²) >= 11 is 0. The van der Waals surface area contributed by atoms with Crippen molar-refractivity contribution in [3.05, 3.63) is 4.91 Å². The van der Waals surface area contributed by atoms with Crippen molar-refractivity contribution in [2.45, 2.75) is 32.7 Å². The molecule has 1 aliphatic rings. The van der Waals surface area contributed by atoms with E-state index in [2.05, 4.69) is 12.1 Å². The molecule has 2 heteroatoms. The minimum Gasteiger partial charge on any atom is -0.151 e. The Balaban J connectivity index is 2.30. The smallest absolute Gasteiger partial charge is 0.0919 e. The maximum Gasteiger partial charge on any atom is 0.0919 e. The molecule has 0 bridgehead atoms. The molecule has 1 fully saturated rings. The molecule has 2 atom stereocenters. The van der Waals surface area contributed by atoms with Gasteiger partial charge in [-0.25, -0.2) is 0 Å². The zero-order chi connectivity index (χ0) is 6.85. The van der Waals surface area contributed by atoms with Gasteiger partial charge in [-0.1, -0.05) is 12.1 Å². The van der Waals surface area contributed by atoms with Gasteiger partial charge in [0.25, 0.3) is 0 Å². The number of hydrogen-bond donors (Lipinski definition) is 0. The third-order valence-corrected chi connectivity index (χ3v) is 2.29. The maximum absolute atomic E-state index is 10.0. The second-order valence-corrected chi connectivity index (χ2v) is 3.04. The predicted octanol–water partition coefficient (Wildman–Crippen LogP) is 2.19. The molecule has 1 saturated carbocycles. The van der Waals surface area contributed by atoms with E-state index in [4.69, 9.17) is 0 Å². The fourth-order valence-electron chi connectivity index (χ4n) is 1.11. The molecule has 0 aromatic carbocycles. The van der Waals surface area contributed by atoms with Crippen molar-refractivity contribution in [2.75, 3.05) is 0 Å². The van der Waals surface area contributed by atoms with Crippen molar-refractivity contribution in [2.24, 2.45) is 17.0 Å². The van der Waals surface area contributed by atoms with Gasteiger partial charge < -0.3 is 0 Å². The fraction of sp³-hybridized carbons (Fsp3) is 1.00. The lowest BCUT2D eigenvalue weighted by Crippen LogP contribution is -2.12. The van der Waals surface area contributed by atoms with E-state index in [0.717, 1.165) is 5.92 Å². The first-order chi connectivity index (χ1) is 4.25. The van der Waals surface area contributed by atoms with Crippen LogP contribution in [0.2, 0.25) is 0 Å². The third-order valence-electron chi connectivity index (χ3n) is 2.29. The molecule has 1 aliphatic carbocycles. The number of rotatable bonds is 3. The highest BCUT2D eigenvalue weighted by atomic mass is 16.3. The molecule has 1 rings (SSSR count). The van der Waals surface area contributed by atoms with Gasteiger partial charge in [-0.15, -0.1) is 0 Å². The van der Waals surface area contributed by atoms with Gasteiger partial charge in [-0.2, -0.15) is 4.91 Å². The minimum absolute atomic E-state index is 0.0255. The molecule has 0 aromatic heterocycles. The Labute approximate surface area is 55.6 Å². The van der Waals surface area contributed by atoms with E-state index in [1.54, 1.807) is 0 Å². The molecule has 9 heavy (non-hydrogen) atoms. The largest absolute Gasteiger partial charge is 0.151 e. The molecular formula is C7H13NO. The average Bonchev–Trinajstić information content (AvgIpc) is 2.66. The lowest BCUT2D eigenvalue weighted by atomic mass is 9.99. The molecule has 0 N–H and O–H groups in total. The molecule has 0 amide bonds. The molecule has 2 unspecified atom stereocenters. The summed E-state index contributed by atoms with van der Waals surface area (Å²) in [5.41, 5.74) is 0. The lowest BCUT2D eigenvalue weighted by molar-refractivity contribution is 0.429. The molecule has 2 nitrogen and oxygen atoms in total. The summed E-state index contributed by atoms with van der Waals surface area (Å²) in [6.45, 7) is 4.01. The van der Waals surface area contributed by atoms with Crippen LogP contribution in [0.1, 0.15) is 26.7 Å². The van der Waals surface area contributed by atoms with Crippen LogP contribution >= 0.6 is 0 Å². The SMILES string of the molecule is CC(N=O)C(C)C1CC1. The zero-order valence-corrected chi connectivity index (χ0v) is 6.00. The Kier molecular flexibility index (Phi) is 1.84. The van der Waals surface area contributed by atoms with Crippen molar-refractivity contribution < 1.29 is 0 Å². The van der Waals surface area contributed by atoms with Crippen LogP contribution in [0.5, 0.6) is 0 Å². The summed E-state index contributed by atoms with van der Waals surface area (Å²) in [5.74, 6) is 1.32. The Hall–Kier alpha value is -0.400. The molecule has 0 aromatic rings. The molecular weight excluding hydrogens is 114 g/mol. The average molecular weight is 127 g/mol. The molecule has 52 valence electrons. The van der Waals surface area contributed by atoms with Gasteiger partial charge in [0.05, 0.1) is 6.04 Å². The van der Waals surface area contributed by atoms with E-state index in [9.17, 15) is 4.91 Å². The van der Waals surface area contributed by atoms with Crippen LogP contribution in [0, 0.1) is 16.7 Å². The molecule has 0 spiro atoms. The second-order valence-electron chi connectivity index (χ2n) is 3.04. The quantitative estimate of drug-likeness (QED) is 0.534. The number of nitroso groups, excluding NO2 is 1. The van der Waals surface area contributed by atoms with Crippen LogP contribution in [0.4, 0.5) is 0 Å². The number of nitrogens with zero attached hydrogens (tertiary/aromatic N) is 1. The molecule has 0 saturated heterocycles. The van der Waals surface area contributed by atoms with Gasteiger partial charge in [0, 0.05) is 0 Å². The van der Waals surface area contributed by atoms with Crippen LogP contribution in [0.25, 0.3) is 0 Å². The van der Waals surface area contributed by atoms with Gasteiger partial charge in [0.2, 0.25) is 0 Å². The van der Waals surface area contributed by atoms with Crippen molar-refractivity contribution in [1.29, 1.82) is 0 Å². The van der Waals surface area contributed by atoms with Gasteiger partial charge in [0.15, 0.2) is 0 Å². The summed E-state index contributed by atoms with van der Waals surface area (Å²) in [7, 11) is 0. The van der Waals surface area contributed by atoms with Crippen LogP contribution in [0.3, 0.4) is 0 Å². The summed E-state index contributed by atoms with van der Waals surface area (Å²) in [6.07, 6.45) is 2.61. The van der Waals surface area contributed by atoms with Gasteiger partial charge in [0.1, 0.15) is 0 Å². The zero-order valence-electron chi connectivity index (χ0n) is 6.00. The third kappa shape index (κ3) is 1.50. The summed E-state index contributed by atoms with van der Waals surface area (Å²) < 4.78 is 0. The summed E-state index contributed by atoms with van der Waals surface area (Å²) in [5, 5.41) is 3.00. The van der Waals surface area contributed by atoms with Crippen LogP contribution < -0.4 is 0 Å². The Bertz CT molecular complexity index is 109. The fourth-order valence-corrected chi connectivity index (χ4v) is 1.11. The van der Waals surface area contributed by atoms with E-state index in [0.29, 0.717) is 5.92 Å². The van der Waals surface area contributed by atoms with Crippen molar-refractivity contribution in [3.8, 4) is 0 Å². The van der Waals surface area contributed by atoms with E-state index >= 15 is 0 Å². The Morgan fingerprint density at radius 3 is 2.33 bits per heavy atom. The van der Waals surface area contributed by atoms with Crippen molar-refractivity contribution in [1.82, 2.24) is 0 Å². The van der Waals surface area contributed by atoms with Crippen LogP contribution in [0.15, 0.2) is 5.18 Å². The van der Waals surface area contributed by atoms with Gasteiger partial charge in [-0.05, 0) is 31.6 Å². The highest BCUT2D eigenvalue weighted by molar-refractivity contribution is 4.83. The summed E-state index contributed by atoms with van der Waals surface area (Å²) in [4.78, 5) is 10.0. The second kappa shape index (κ2) is 2.46. The first-order valence-corrected chi connectivity index (χ1v) is 3.58. The van der Waals surface area contributed by atoms with Crippen LogP contribution in [-0.4, -0.2) is 6.04 Å². The van der Waals surface area contributed by atoms with Gasteiger partial charge in [-0.3, -0.25) is 0 Å². The molecule has 0 aliphatic heterocycles. The minimum atomic E-state index is 0.0255. The molecule has 0 radical (unpaired) electrons. The normalized spacial score (nSPS) is 25.1. The van der Waals surface area contributed by atoms with E-state index in [1.807, 2.05) is 6.92 Å². The topological polar surface area (TPSA) is 29.4 Å². The highest BCUT2D eigenvalue weighted by Gasteiger charge is 2.31. The first kappa shape index (κ1) is 6.72. The first-order valence-electron chi connectivity index (χ1n) is 3.58. The predicted molar refractivity (Wildman–Crippen MR) is 37.1 cm³/mol. The van der Waals surface area contributed by atoms with Crippen LogP contribution in [-0.2, 0) is 0 Å². The van der Waals surface area contributed by atoms with E-state index in [-0.39, 0.29) is 6.04 Å².